The van der Waals surface area contributed by atoms with E-state index in [1.54, 1.807) is 6.92 Å². The van der Waals surface area contributed by atoms with E-state index in [1.165, 1.54) is 16.7 Å². The number of nitrogens with zero attached hydrogens (tertiary/aromatic N) is 2. The van der Waals surface area contributed by atoms with E-state index in [9.17, 15) is 9.59 Å². The molecule has 0 saturated heterocycles. The van der Waals surface area contributed by atoms with Gasteiger partial charge in [0.05, 0.1) is 16.1 Å². The number of aldehydes is 1. The first-order chi connectivity index (χ1) is 16.8. The fourth-order valence-corrected chi connectivity index (χ4v) is 5.10. The summed E-state index contributed by atoms with van der Waals surface area (Å²) in [5, 5.41) is 1.08. The van der Waals surface area contributed by atoms with Gasteiger partial charge in [0.15, 0.2) is 5.78 Å². The SMILES string of the molecule is CCC=C(c1ccc(Cl)c(Cl)c1)N(C)Cc1cccc2c1CN(C(CCC=O)C(C)=O)C2=CCC. The van der Waals surface area contributed by atoms with Gasteiger partial charge in [-0.25, -0.2) is 0 Å². The number of allylic oxidation sites excluding steroid dienone is 2. The summed E-state index contributed by atoms with van der Waals surface area (Å²) < 4.78 is 0. The molecule has 186 valence electrons. The van der Waals surface area contributed by atoms with Crippen LogP contribution in [0.4, 0.5) is 0 Å². The fraction of sp³-hybridized carbons (Fsp3) is 0.379. The van der Waals surface area contributed by atoms with E-state index >= 15 is 0 Å². The Morgan fingerprint density at radius 2 is 1.91 bits per heavy atom. The second-order valence-corrected chi connectivity index (χ2v) is 9.74. The first-order valence-electron chi connectivity index (χ1n) is 12.2. The van der Waals surface area contributed by atoms with Crippen molar-refractivity contribution in [1.82, 2.24) is 9.80 Å². The van der Waals surface area contributed by atoms with E-state index in [-0.39, 0.29) is 11.8 Å². The molecule has 35 heavy (non-hydrogen) atoms. The van der Waals surface area contributed by atoms with Crippen molar-refractivity contribution >= 4 is 46.7 Å². The number of halogens is 2. The van der Waals surface area contributed by atoms with Gasteiger partial charge in [0.2, 0.25) is 0 Å². The molecule has 0 saturated carbocycles. The highest BCUT2D eigenvalue weighted by molar-refractivity contribution is 6.42. The minimum absolute atomic E-state index is 0.0908. The van der Waals surface area contributed by atoms with Crippen LogP contribution in [0.2, 0.25) is 10.0 Å². The van der Waals surface area contributed by atoms with Crippen LogP contribution in [-0.4, -0.2) is 35.0 Å². The molecule has 6 heteroatoms. The summed E-state index contributed by atoms with van der Waals surface area (Å²) in [5.41, 5.74) is 6.83. The highest BCUT2D eigenvalue weighted by Crippen LogP contribution is 2.38. The zero-order chi connectivity index (χ0) is 25.5. The summed E-state index contributed by atoms with van der Waals surface area (Å²) >= 11 is 12.5. The molecule has 0 N–H and O–H groups in total. The van der Waals surface area contributed by atoms with Crippen molar-refractivity contribution in [3.8, 4) is 0 Å². The number of fused-ring (bicyclic) bond motifs is 1. The first kappa shape index (κ1) is 27.0. The van der Waals surface area contributed by atoms with Crippen LogP contribution in [0, 0.1) is 0 Å². The topological polar surface area (TPSA) is 40.6 Å². The van der Waals surface area contributed by atoms with Gasteiger partial charge in [0.25, 0.3) is 0 Å². The summed E-state index contributed by atoms with van der Waals surface area (Å²) in [6, 6.07) is 11.8. The van der Waals surface area contributed by atoms with Gasteiger partial charge >= 0.3 is 0 Å². The highest BCUT2D eigenvalue weighted by atomic mass is 35.5. The second-order valence-electron chi connectivity index (χ2n) is 8.92. The molecule has 0 bridgehead atoms. The van der Waals surface area contributed by atoms with Crippen LogP contribution in [0.1, 0.15) is 68.7 Å². The number of carbonyl (C=O) groups is 2. The number of carbonyl (C=O) groups excluding carboxylic acids is 2. The van der Waals surface area contributed by atoms with E-state index in [0.717, 1.165) is 36.1 Å². The van der Waals surface area contributed by atoms with Crippen molar-refractivity contribution in [1.29, 1.82) is 0 Å². The average molecular weight is 514 g/mol. The number of hydrogen-bond donors (Lipinski definition) is 0. The molecule has 1 aliphatic heterocycles. The maximum absolute atomic E-state index is 12.5. The Morgan fingerprint density at radius 3 is 2.54 bits per heavy atom. The smallest absolute Gasteiger partial charge is 0.152 e. The average Bonchev–Trinajstić information content (AvgIpc) is 3.19. The molecule has 2 aromatic carbocycles. The Hall–Kier alpha value is -2.56. The van der Waals surface area contributed by atoms with Gasteiger partial charge in [-0.05, 0) is 55.0 Å². The maximum atomic E-state index is 12.5. The molecule has 0 fully saturated rings. The van der Waals surface area contributed by atoms with E-state index < -0.39 is 0 Å². The number of rotatable bonds is 11. The summed E-state index contributed by atoms with van der Waals surface area (Å²) in [5.74, 6) is 0.0908. The molecule has 1 atom stereocenters. The molecule has 1 unspecified atom stereocenters. The molecule has 1 aliphatic rings. The van der Waals surface area contributed by atoms with E-state index in [1.807, 2.05) is 18.2 Å². The van der Waals surface area contributed by atoms with Crippen molar-refractivity contribution in [3.63, 3.8) is 0 Å². The Bertz CT molecular complexity index is 1140. The van der Waals surface area contributed by atoms with Gasteiger partial charge in [-0.15, -0.1) is 0 Å². The highest BCUT2D eigenvalue weighted by Gasteiger charge is 2.33. The molecule has 2 aromatic rings. The minimum atomic E-state index is -0.303. The number of ketones is 1. The lowest BCUT2D eigenvalue weighted by Gasteiger charge is -2.29. The normalized spacial score (nSPS) is 15.3. The summed E-state index contributed by atoms with van der Waals surface area (Å²) in [7, 11) is 2.08. The quantitative estimate of drug-likeness (QED) is 0.294. The summed E-state index contributed by atoms with van der Waals surface area (Å²) in [6.45, 7) is 7.21. The van der Waals surface area contributed by atoms with Crippen molar-refractivity contribution in [2.45, 2.75) is 65.6 Å². The number of benzene rings is 2. The third kappa shape index (κ3) is 6.17. The predicted molar refractivity (Wildman–Crippen MR) is 146 cm³/mol. The van der Waals surface area contributed by atoms with Crippen LogP contribution in [0.15, 0.2) is 48.6 Å². The lowest BCUT2D eigenvalue weighted by atomic mass is 10.0. The summed E-state index contributed by atoms with van der Waals surface area (Å²) in [4.78, 5) is 28.0. The van der Waals surface area contributed by atoms with Crippen LogP contribution in [-0.2, 0) is 22.7 Å². The monoisotopic (exact) mass is 512 g/mol. The van der Waals surface area contributed by atoms with E-state index in [0.29, 0.717) is 36.0 Å². The van der Waals surface area contributed by atoms with Crippen LogP contribution in [0.25, 0.3) is 11.4 Å². The minimum Gasteiger partial charge on any atom is -0.370 e. The lowest BCUT2D eigenvalue weighted by Crippen LogP contribution is -2.36. The van der Waals surface area contributed by atoms with Crippen molar-refractivity contribution in [3.05, 3.63) is 80.8 Å². The zero-order valence-corrected chi connectivity index (χ0v) is 22.5. The van der Waals surface area contributed by atoms with Gasteiger partial charge in [0.1, 0.15) is 6.29 Å². The first-order valence-corrected chi connectivity index (χ1v) is 13.0. The van der Waals surface area contributed by atoms with Crippen LogP contribution in [0.3, 0.4) is 0 Å². The third-order valence-electron chi connectivity index (χ3n) is 6.42. The predicted octanol–water partition coefficient (Wildman–Crippen LogP) is 7.38. The van der Waals surface area contributed by atoms with Crippen molar-refractivity contribution < 1.29 is 9.59 Å². The summed E-state index contributed by atoms with van der Waals surface area (Å²) in [6.07, 6.45) is 7.95. The Morgan fingerprint density at radius 1 is 1.14 bits per heavy atom. The molecule has 0 amide bonds. The van der Waals surface area contributed by atoms with Crippen LogP contribution in [0.5, 0.6) is 0 Å². The molecule has 3 rings (SSSR count). The molecule has 0 spiro atoms. The third-order valence-corrected chi connectivity index (χ3v) is 7.16. The molecule has 4 nitrogen and oxygen atoms in total. The Kier molecular flexibility index (Phi) is 9.59. The second kappa shape index (κ2) is 12.4. The van der Waals surface area contributed by atoms with Gasteiger partial charge in [-0.3, -0.25) is 4.79 Å². The van der Waals surface area contributed by atoms with E-state index in [4.69, 9.17) is 23.2 Å². The van der Waals surface area contributed by atoms with E-state index in [2.05, 4.69) is 61.0 Å². The van der Waals surface area contributed by atoms with Gasteiger partial charge < -0.3 is 14.6 Å². The van der Waals surface area contributed by atoms with Gasteiger partial charge in [-0.1, -0.05) is 73.5 Å². The molecule has 1 heterocycles. The van der Waals surface area contributed by atoms with Crippen LogP contribution < -0.4 is 0 Å². The van der Waals surface area contributed by atoms with Gasteiger partial charge in [-0.2, -0.15) is 0 Å². The number of hydrogen-bond acceptors (Lipinski definition) is 4. The fourth-order valence-electron chi connectivity index (χ4n) is 4.81. The Balaban J connectivity index is 1.96. The molecular formula is C29H34Cl2N2O2. The van der Waals surface area contributed by atoms with Crippen molar-refractivity contribution in [2.24, 2.45) is 0 Å². The molecular weight excluding hydrogens is 479 g/mol. The van der Waals surface area contributed by atoms with Crippen molar-refractivity contribution in [2.75, 3.05) is 7.05 Å². The largest absolute Gasteiger partial charge is 0.370 e. The number of Topliss-reactive ketones (excluding diaryl/α,β-unsaturated/α-hetero) is 1. The standard InChI is InChI=1S/C29H34Cl2N2O2/c1-5-9-28(21-14-15-25(30)26(31)17-21)32(4)18-22-11-7-12-23-24(22)19-33(29(23)10-6-2)27(20(3)35)13-8-16-34/h7,9-12,14-17,27H,5-6,8,13,18-19H2,1-4H3. The molecule has 0 aliphatic carbocycles. The molecule has 0 aromatic heterocycles. The van der Waals surface area contributed by atoms with Gasteiger partial charge in [0, 0.05) is 43.5 Å². The Labute approximate surface area is 219 Å². The maximum Gasteiger partial charge on any atom is 0.152 e. The molecule has 0 radical (unpaired) electrons. The lowest BCUT2D eigenvalue weighted by molar-refractivity contribution is -0.121. The van der Waals surface area contributed by atoms with Crippen LogP contribution >= 0.6 is 23.2 Å². The zero-order valence-electron chi connectivity index (χ0n) is 21.0.